The maximum absolute atomic E-state index is 5.48. The largest absolute Gasteiger partial charge is 0.382 e. The zero-order valence-corrected chi connectivity index (χ0v) is 9.33. The highest BCUT2D eigenvalue weighted by atomic mass is 15.2. The zero-order chi connectivity index (χ0) is 10.9. The molecular weight excluding hydrogens is 188 g/mol. The van der Waals surface area contributed by atoms with Crippen molar-refractivity contribution in [2.45, 2.75) is 39.2 Å². The topological polar surface area (TPSA) is 63.8 Å². The fourth-order valence-electron chi connectivity index (χ4n) is 2.19. The Morgan fingerprint density at radius 3 is 2.73 bits per heavy atom. The Balaban J connectivity index is 1.96. The number of hydrogen-bond donors (Lipinski definition) is 2. The lowest BCUT2D eigenvalue weighted by Crippen LogP contribution is -2.18. The molecule has 15 heavy (non-hydrogen) atoms. The summed E-state index contributed by atoms with van der Waals surface area (Å²) in [6.07, 6.45) is 3.67. The molecule has 0 amide bonds. The Hall–Kier alpha value is -1.32. The molecule has 4 nitrogen and oxygen atoms in total. The molecule has 0 radical (unpaired) electrons. The molecule has 2 rings (SSSR count). The monoisotopic (exact) mass is 206 g/mol. The summed E-state index contributed by atoms with van der Waals surface area (Å²) in [7, 11) is 0. The fraction of sp³-hybridized carbons (Fsp3) is 0.636. The molecule has 1 aliphatic rings. The molecule has 1 heterocycles. The van der Waals surface area contributed by atoms with Crippen LogP contribution in [0, 0.1) is 5.41 Å². The molecule has 3 N–H and O–H groups in total. The molecule has 0 aromatic carbocycles. The summed E-state index contributed by atoms with van der Waals surface area (Å²) in [4.78, 5) is 0. The number of nitrogens with two attached hydrogens (primary N) is 1. The van der Waals surface area contributed by atoms with Crippen LogP contribution in [0.4, 0.5) is 11.6 Å². The number of nitrogens with one attached hydrogen (secondary N) is 1. The van der Waals surface area contributed by atoms with Crippen LogP contribution in [-0.2, 0) is 0 Å². The molecule has 1 saturated carbocycles. The van der Waals surface area contributed by atoms with Crippen LogP contribution in [0.25, 0.3) is 0 Å². The molecule has 1 aromatic heterocycles. The van der Waals surface area contributed by atoms with Crippen LogP contribution in [0.15, 0.2) is 12.1 Å². The van der Waals surface area contributed by atoms with Crippen LogP contribution >= 0.6 is 0 Å². The van der Waals surface area contributed by atoms with Crippen LogP contribution < -0.4 is 11.1 Å². The number of hydrogen-bond acceptors (Lipinski definition) is 4. The maximum Gasteiger partial charge on any atom is 0.149 e. The van der Waals surface area contributed by atoms with Crippen molar-refractivity contribution in [1.29, 1.82) is 0 Å². The van der Waals surface area contributed by atoms with Crippen molar-refractivity contribution < 1.29 is 0 Å². The van der Waals surface area contributed by atoms with Crippen molar-refractivity contribution in [3.63, 3.8) is 0 Å². The van der Waals surface area contributed by atoms with Crippen molar-refractivity contribution in [2.24, 2.45) is 5.41 Å². The van der Waals surface area contributed by atoms with Crippen molar-refractivity contribution in [3.05, 3.63) is 12.1 Å². The van der Waals surface area contributed by atoms with Gasteiger partial charge in [-0.15, -0.1) is 10.2 Å². The standard InChI is InChI=1S/C11H18N4/c1-11(2)6-5-8(7-11)13-10-4-3-9(12)14-15-10/h3-4,8H,5-7H2,1-2H3,(H2,12,14)(H,13,15). The van der Waals surface area contributed by atoms with Gasteiger partial charge >= 0.3 is 0 Å². The summed E-state index contributed by atoms with van der Waals surface area (Å²) in [5.74, 6) is 1.29. The lowest BCUT2D eigenvalue weighted by molar-refractivity contribution is 0.378. The van der Waals surface area contributed by atoms with Gasteiger partial charge in [-0.05, 0) is 36.8 Å². The van der Waals surface area contributed by atoms with E-state index in [1.54, 1.807) is 6.07 Å². The summed E-state index contributed by atoms with van der Waals surface area (Å²) in [6.45, 7) is 4.62. The summed E-state index contributed by atoms with van der Waals surface area (Å²) < 4.78 is 0. The second kappa shape index (κ2) is 3.68. The van der Waals surface area contributed by atoms with Gasteiger partial charge in [-0.3, -0.25) is 0 Å². The zero-order valence-electron chi connectivity index (χ0n) is 9.33. The van der Waals surface area contributed by atoms with E-state index in [4.69, 9.17) is 5.73 Å². The third kappa shape index (κ3) is 2.58. The van der Waals surface area contributed by atoms with E-state index in [1.165, 1.54) is 19.3 Å². The Morgan fingerprint density at radius 1 is 1.40 bits per heavy atom. The molecule has 0 bridgehead atoms. The number of rotatable bonds is 2. The minimum absolute atomic E-state index is 0.457. The van der Waals surface area contributed by atoms with Crippen molar-refractivity contribution in [1.82, 2.24) is 10.2 Å². The second-order valence-corrected chi connectivity index (χ2v) is 5.09. The molecule has 0 spiro atoms. The number of nitrogen functional groups attached to an aromatic ring is 1. The highest BCUT2D eigenvalue weighted by molar-refractivity contribution is 5.39. The van der Waals surface area contributed by atoms with Crippen molar-refractivity contribution in [2.75, 3.05) is 11.1 Å². The van der Waals surface area contributed by atoms with E-state index in [0.29, 0.717) is 17.3 Å². The van der Waals surface area contributed by atoms with Crippen LogP contribution in [-0.4, -0.2) is 16.2 Å². The minimum atomic E-state index is 0.457. The first kappa shape index (κ1) is 10.2. The number of anilines is 2. The predicted molar refractivity (Wildman–Crippen MR) is 61.5 cm³/mol. The first-order valence-corrected chi connectivity index (χ1v) is 5.41. The van der Waals surface area contributed by atoms with Gasteiger partial charge in [0, 0.05) is 6.04 Å². The Morgan fingerprint density at radius 2 is 2.20 bits per heavy atom. The van der Waals surface area contributed by atoms with Crippen LogP contribution in [0.3, 0.4) is 0 Å². The Bertz CT molecular complexity index is 331. The molecule has 0 saturated heterocycles. The lowest BCUT2D eigenvalue weighted by atomic mass is 9.92. The average molecular weight is 206 g/mol. The highest BCUT2D eigenvalue weighted by Gasteiger charge is 2.30. The van der Waals surface area contributed by atoms with Gasteiger partial charge in [-0.1, -0.05) is 13.8 Å². The van der Waals surface area contributed by atoms with Crippen molar-refractivity contribution >= 4 is 11.6 Å². The normalized spacial score (nSPS) is 24.0. The van der Waals surface area contributed by atoms with Gasteiger partial charge in [-0.25, -0.2) is 0 Å². The molecule has 82 valence electrons. The summed E-state index contributed by atoms with van der Waals surface area (Å²) in [5, 5.41) is 11.2. The third-order valence-electron chi connectivity index (χ3n) is 3.01. The summed E-state index contributed by atoms with van der Waals surface area (Å²) >= 11 is 0. The van der Waals surface area contributed by atoms with E-state index in [2.05, 4.69) is 29.4 Å². The Labute approximate surface area is 90.3 Å². The van der Waals surface area contributed by atoms with Gasteiger partial charge in [0.2, 0.25) is 0 Å². The first-order valence-electron chi connectivity index (χ1n) is 5.41. The van der Waals surface area contributed by atoms with Crippen molar-refractivity contribution in [3.8, 4) is 0 Å². The predicted octanol–water partition coefficient (Wildman–Crippen LogP) is 2.05. The Kier molecular flexibility index (Phi) is 2.50. The van der Waals surface area contributed by atoms with Crippen LogP contribution in [0.2, 0.25) is 0 Å². The summed E-state index contributed by atoms with van der Waals surface area (Å²) in [6, 6.07) is 4.18. The van der Waals surface area contributed by atoms with Gasteiger partial charge < -0.3 is 11.1 Å². The molecule has 1 aromatic rings. The van der Waals surface area contributed by atoms with Gasteiger partial charge in [0.25, 0.3) is 0 Å². The van der Waals surface area contributed by atoms with Crippen LogP contribution in [0.1, 0.15) is 33.1 Å². The molecule has 1 unspecified atom stereocenters. The highest BCUT2D eigenvalue weighted by Crippen LogP contribution is 2.37. The minimum Gasteiger partial charge on any atom is -0.382 e. The van der Waals surface area contributed by atoms with Gasteiger partial charge in [0.1, 0.15) is 11.6 Å². The van der Waals surface area contributed by atoms with Gasteiger partial charge in [0.15, 0.2) is 0 Å². The second-order valence-electron chi connectivity index (χ2n) is 5.09. The first-order chi connectivity index (χ1) is 7.05. The summed E-state index contributed by atoms with van der Waals surface area (Å²) in [5.41, 5.74) is 5.93. The van der Waals surface area contributed by atoms with Crippen LogP contribution in [0.5, 0.6) is 0 Å². The van der Waals surface area contributed by atoms with E-state index in [0.717, 1.165) is 5.82 Å². The lowest BCUT2D eigenvalue weighted by Gasteiger charge is -2.17. The molecule has 4 heteroatoms. The molecule has 0 aliphatic heterocycles. The van der Waals surface area contributed by atoms with E-state index < -0.39 is 0 Å². The average Bonchev–Trinajstić information content (AvgIpc) is 2.50. The van der Waals surface area contributed by atoms with E-state index in [1.807, 2.05) is 6.07 Å². The smallest absolute Gasteiger partial charge is 0.149 e. The van der Waals surface area contributed by atoms with Gasteiger partial charge in [-0.2, -0.15) is 0 Å². The van der Waals surface area contributed by atoms with Gasteiger partial charge in [0.05, 0.1) is 0 Å². The van der Waals surface area contributed by atoms with E-state index in [9.17, 15) is 0 Å². The fourth-order valence-corrected chi connectivity index (χ4v) is 2.19. The van der Waals surface area contributed by atoms with E-state index >= 15 is 0 Å². The number of aromatic nitrogens is 2. The molecule has 1 fully saturated rings. The maximum atomic E-state index is 5.48. The molecule has 1 aliphatic carbocycles. The molecule has 1 atom stereocenters. The molecular formula is C11H18N4. The van der Waals surface area contributed by atoms with E-state index in [-0.39, 0.29) is 0 Å². The SMILES string of the molecule is CC1(C)CCC(Nc2ccc(N)nn2)C1. The third-order valence-corrected chi connectivity index (χ3v) is 3.01. The number of nitrogens with zero attached hydrogens (tertiary/aromatic N) is 2. The quantitative estimate of drug-likeness (QED) is 0.777.